The normalized spacial score (nSPS) is 11.2. The van der Waals surface area contributed by atoms with Crippen molar-refractivity contribution in [2.75, 3.05) is 13.1 Å². The maximum absolute atomic E-state index is 11.2. The standard InChI is InChI=1S/C11H21N3O2/c1-5-12-9-13-7-6-8-14-10(15)16-11(2,3)4/h5,9H,1,6-8H2,2-4H3,(H,12,13)(H,14,15). The fourth-order valence-electron chi connectivity index (χ4n) is 0.865. The van der Waals surface area contributed by atoms with E-state index in [9.17, 15) is 4.79 Å². The van der Waals surface area contributed by atoms with E-state index in [4.69, 9.17) is 4.74 Å². The summed E-state index contributed by atoms with van der Waals surface area (Å²) >= 11 is 0. The van der Waals surface area contributed by atoms with Gasteiger partial charge < -0.3 is 15.4 Å². The van der Waals surface area contributed by atoms with E-state index in [0.717, 1.165) is 13.0 Å². The van der Waals surface area contributed by atoms with Crippen LogP contribution in [0, 0.1) is 0 Å². The van der Waals surface area contributed by atoms with Crippen LogP contribution in [0.1, 0.15) is 27.2 Å². The fraction of sp³-hybridized carbons (Fsp3) is 0.636. The SMILES string of the molecule is C=C/N=C/NCCCNC(=O)OC(C)(C)C. The third-order valence-corrected chi connectivity index (χ3v) is 1.44. The summed E-state index contributed by atoms with van der Waals surface area (Å²) in [6, 6.07) is 0. The number of amides is 1. The van der Waals surface area contributed by atoms with Crippen LogP contribution in [-0.2, 0) is 4.74 Å². The van der Waals surface area contributed by atoms with Gasteiger partial charge in [0, 0.05) is 19.3 Å². The first kappa shape index (κ1) is 14.5. The second kappa shape index (κ2) is 7.73. The number of carbonyl (C=O) groups excluding carboxylic acids is 1. The quantitative estimate of drug-likeness (QED) is 0.412. The summed E-state index contributed by atoms with van der Waals surface area (Å²) in [5, 5.41) is 5.62. The molecular weight excluding hydrogens is 206 g/mol. The highest BCUT2D eigenvalue weighted by atomic mass is 16.6. The maximum atomic E-state index is 11.2. The third-order valence-electron chi connectivity index (χ3n) is 1.44. The number of nitrogens with one attached hydrogen (secondary N) is 2. The van der Waals surface area contributed by atoms with Crippen molar-refractivity contribution in [3.8, 4) is 0 Å². The second-order valence-corrected chi connectivity index (χ2v) is 4.20. The zero-order valence-electron chi connectivity index (χ0n) is 10.2. The van der Waals surface area contributed by atoms with Gasteiger partial charge in [-0.15, -0.1) is 0 Å². The minimum absolute atomic E-state index is 0.382. The monoisotopic (exact) mass is 227 g/mol. The van der Waals surface area contributed by atoms with E-state index in [1.165, 1.54) is 6.20 Å². The van der Waals surface area contributed by atoms with Crippen molar-refractivity contribution in [1.29, 1.82) is 0 Å². The smallest absolute Gasteiger partial charge is 0.407 e. The van der Waals surface area contributed by atoms with Gasteiger partial charge in [0.05, 0.1) is 6.34 Å². The molecule has 0 radical (unpaired) electrons. The number of hydrogen-bond acceptors (Lipinski definition) is 3. The van der Waals surface area contributed by atoms with Crippen molar-refractivity contribution in [2.45, 2.75) is 32.8 Å². The van der Waals surface area contributed by atoms with Gasteiger partial charge in [-0.1, -0.05) is 6.58 Å². The molecule has 92 valence electrons. The molecule has 0 aliphatic carbocycles. The molecule has 2 N–H and O–H groups in total. The topological polar surface area (TPSA) is 62.7 Å². The molecule has 0 aliphatic heterocycles. The summed E-state index contributed by atoms with van der Waals surface area (Å²) in [6.45, 7) is 10.3. The molecule has 0 saturated heterocycles. The maximum Gasteiger partial charge on any atom is 0.407 e. The molecule has 0 aromatic heterocycles. The average Bonchev–Trinajstić information content (AvgIpc) is 2.13. The summed E-state index contributed by atoms with van der Waals surface area (Å²) in [6.07, 6.45) is 3.45. The number of carbonyl (C=O) groups is 1. The van der Waals surface area contributed by atoms with Crippen LogP contribution in [0.2, 0.25) is 0 Å². The van der Waals surface area contributed by atoms with Gasteiger partial charge in [0.25, 0.3) is 0 Å². The van der Waals surface area contributed by atoms with Crippen molar-refractivity contribution in [3.05, 3.63) is 12.8 Å². The zero-order chi connectivity index (χ0) is 12.4. The van der Waals surface area contributed by atoms with Gasteiger partial charge in [-0.25, -0.2) is 9.79 Å². The zero-order valence-corrected chi connectivity index (χ0v) is 10.2. The van der Waals surface area contributed by atoms with Gasteiger partial charge in [0.2, 0.25) is 0 Å². The Balaban J connectivity index is 3.42. The van der Waals surface area contributed by atoms with E-state index < -0.39 is 5.60 Å². The molecule has 0 aromatic rings. The highest BCUT2D eigenvalue weighted by Gasteiger charge is 2.15. The molecule has 0 unspecified atom stereocenters. The van der Waals surface area contributed by atoms with E-state index in [2.05, 4.69) is 22.2 Å². The molecule has 1 amide bonds. The van der Waals surface area contributed by atoms with Crippen LogP contribution in [0.15, 0.2) is 17.8 Å². The second-order valence-electron chi connectivity index (χ2n) is 4.20. The molecule has 5 heteroatoms. The molecule has 0 saturated carbocycles. The minimum atomic E-state index is -0.445. The number of aliphatic imine (C=N–C) groups is 1. The van der Waals surface area contributed by atoms with Crippen molar-refractivity contribution in [1.82, 2.24) is 10.6 Å². The number of ether oxygens (including phenoxy) is 1. The van der Waals surface area contributed by atoms with E-state index in [1.54, 1.807) is 6.34 Å². The Morgan fingerprint density at radius 2 is 2.12 bits per heavy atom. The summed E-state index contributed by atoms with van der Waals surface area (Å²) in [5.41, 5.74) is -0.445. The van der Waals surface area contributed by atoms with Crippen LogP contribution < -0.4 is 10.6 Å². The van der Waals surface area contributed by atoms with Crippen LogP contribution in [0.25, 0.3) is 0 Å². The van der Waals surface area contributed by atoms with Crippen molar-refractivity contribution in [3.63, 3.8) is 0 Å². The Morgan fingerprint density at radius 1 is 1.44 bits per heavy atom. The Morgan fingerprint density at radius 3 is 2.69 bits per heavy atom. The molecule has 0 spiro atoms. The van der Waals surface area contributed by atoms with E-state index in [0.29, 0.717) is 6.54 Å². The summed E-state index contributed by atoms with van der Waals surface area (Å²) < 4.78 is 5.07. The molecule has 0 aliphatic rings. The van der Waals surface area contributed by atoms with E-state index in [-0.39, 0.29) is 6.09 Å². The molecule has 5 nitrogen and oxygen atoms in total. The number of alkyl carbamates (subject to hydrolysis) is 1. The van der Waals surface area contributed by atoms with Gasteiger partial charge >= 0.3 is 6.09 Å². The molecule has 0 aromatic carbocycles. The Labute approximate surface area is 97.0 Å². The molecule has 16 heavy (non-hydrogen) atoms. The van der Waals surface area contributed by atoms with Crippen molar-refractivity contribution < 1.29 is 9.53 Å². The number of hydrogen-bond donors (Lipinski definition) is 2. The van der Waals surface area contributed by atoms with E-state index >= 15 is 0 Å². The van der Waals surface area contributed by atoms with Crippen LogP contribution in [-0.4, -0.2) is 31.1 Å². The molecule has 0 atom stereocenters. The molecule has 0 fully saturated rings. The Hall–Kier alpha value is -1.52. The van der Waals surface area contributed by atoms with Gasteiger partial charge in [-0.05, 0) is 27.2 Å². The summed E-state index contributed by atoms with van der Waals surface area (Å²) in [7, 11) is 0. The van der Waals surface area contributed by atoms with Crippen LogP contribution in [0.5, 0.6) is 0 Å². The molecular formula is C11H21N3O2. The lowest BCUT2D eigenvalue weighted by atomic mass is 10.2. The first-order valence-corrected chi connectivity index (χ1v) is 5.28. The largest absolute Gasteiger partial charge is 0.444 e. The Kier molecular flexibility index (Phi) is 7.00. The lowest BCUT2D eigenvalue weighted by Gasteiger charge is -2.19. The predicted molar refractivity (Wildman–Crippen MR) is 65.5 cm³/mol. The van der Waals surface area contributed by atoms with Crippen molar-refractivity contribution >= 4 is 12.4 Å². The third kappa shape index (κ3) is 10.6. The summed E-state index contributed by atoms with van der Waals surface area (Å²) in [5.74, 6) is 0. The number of nitrogens with zero attached hydrogens (tertiary/aromatic N) is 1. The first-order chi connectivity index (χ1) is 7.45. The predicted octanol–water partition coefficient (Wildman–Crippen LogP) is 1.66. The lowest BCUT2D eigenvalue weighted by molar-refractivity contribution is 0.0527. The van der Waals surface area contributed by atoms with Gasteiger partial charge in [-0.3, -0.25) is 0 Å². The van der Waals surface area contributed by atoms with Gasteiger partial charge in [-0.2, -0.15) is 0 Å². The summed E-state index contributed by atoms with van der Waals surface area (Å²) in [4.78, 5) is 15.0. The molecule has 0 rings (SSSR count). The molecule has 0 bridgehead atoms. The van der Waals surface area contributed by atoms with Crippen molar-refractivity contribution in [2.24, 2.45) is 4.99 Å². The number of rotatable bonds is 6. The first-order valence-electron chi connectivity index (χ1n) is 5.28. The highest BCUT2D eigenvalue weighted by Crippen LogP contribution is 2.06. The molecule has 0 heterocycles. The Bertz CT molecular complexity index is 244. The van der Waals surface area contributed by atoms with E-state index in [1.807, 2.05) is 20.8 Å². The van der Waals surface area contributed by atoms with Gasteiger partial charge in [0.15, 0.2) is 0 Å². The van der Waals surface area contributed by atoms with Crippen LogP contribution >= 0.6 is 0 Å². The lowest BCUT2D eigenvalue weighted by Crippen LogP contribution is -2.33. The van der Waals surface area contributed by atoms with Crippen LogP contribution in [0.4, 0.5) is 4.79 Å². The van der Waals surface area contributed by atoms with Crippen LogP contribution in [0.3, 0.4) is 0 Å². The van der Waals surface area contributed by atoms with Gasteiger partial charge in [0.1, 0.15) is 5.60 Å². The average molecular weight is 227 g/mol. The minimum Gasteiger partial charge on any atom is -0.444 e. The fourth-order valence-corrected chi connectivity index (χ4v) is 0.865. The highest BCUT2D eigenvalue weighted by molar-refractivity contribution is 5.67.